The number of hydrogen-bond donors (Lipinski definition) is 0. The molecule has 4 aromatic carbocycles. The van der Waals surface area contributed by atoms with Crippen molar-refractivity contribution in [3.8, 4) is 22.3 Å². The van der Waals surface area contributed by atoms with Crippen LogP contribution in [-0.4, -0.2) is 0 Å². The standard InChI is InChI=1S/2C26H27O.Zr/c2*1-3-5-8-19-11-13-20(14-12-19)24-10-6-9-21-17-22(18-25(21)24)26-16-15-23(27-26)7-4-2;/h2*6,9-18H,3-5,7-8H2,1-2H3;. The molecule has 0 saturated heterocycles. The van der Waals surface area contributed by atoms with E-state index in [2.05, 4.69) is 149 Å². The SMILES string of the molecule is CCCCc1ccc(-c2cccc3c2C=C(c2ccc(CCC)o2)[CH]3[Zr][CH]2C(c3ccc(CCC)o3)=Cc3c(-c4ccc(CCCC)cc4)cccc32)cc1. The van der Waals surface area contributed by atoms with Crippen LogP contribution in [0.2, 0.25) is 0 Å². The Kier molecular flexibility index (Phi) is 11.9. The Morgan fingerprint density at radius 2 is 0.891 bits per heavy atom. The molecule has 0 fully saturated rings. The van der Waals surface area contributed by atoms with Gasteiger partial charge in [0.2, 0.25) is 0 Å². The maximum absolute atomic E-state index is 6.68. The van der Waals surface area contributed by atoms with Crippen LogP contribution in [0.15, 0.2) is 118 Å². The van der Waals surface area contributed by atoms with Crippen molar-refractivity contribution >= 4 is 23.3 Å². The van der Waals surface area contributed by atoms with Gasteiger partial charge in [-0.05, 0) is 0 Å². The first kappa shape index (κ1) is 37.7. The molecule has 0 radical (unpaired) electrons. The maximum atomic E-state index is 6.68. The van der Waals surface area contributed by atoms with Gasteiger partial charge in [-0.3, -0.25) is 0 Å². The van der Waals surface area contributed by atoms with Crippen molar-refractivity contribution in [1.82, 2.24) is 0 Å². The van der Waals surface area contributed by atoms with Gasteiger partial charge in [-0.15, -0.1) is 0 Å². The zero-order valence-electron chi connectivity index (χ0n) is 33.1. The Hall–Kier alpha value is -4.20. The van der Waals surface area contributed by atoms with Gasteiger partial charge in [0.15, 0.2) is 0 Å². The van der Waals surface area contributed by atoms with Gasteiger partial charge in [-0.1, -0.05) is 0 Å². The van der Waals surface area contributed by atoms with Gasteiger partial charge in [0.1, 0.15) is 0 Å². The van der Waals surface area contributed by atoms with Crippen LogP contribution < -0.4 is 0 Å². The summed E-state index contributed by atoms with van der Waals surface area (Å²) < 4.78 is 14.0. The van der Waals surface area contributed by atoms with Crippen LogP contribution in [0.3, 0.4) is 0 Å². The van der Waals surface area contributed by atoms with Crippen LogP contribution in [0.4, 0.5) is 0 Å². The number of hydrogen-bond acceptors (Lipinski definition) is 2. The molecule has 0 aliphatic heterocycles. The predicted octanol–water partition coefficient (Wildman–Crippen LogP) is 14.8. The van der Waals surface area contributed by atoms with Crippen molar-refractivity contribution < 1.29 is 32.1 Å². The van der Waals surface area contributed by atoms with Gasteiger partial charge in [-0.25, -0.2) is 0 Å². The molecule has 8 rings (SSSR count). The quantitative estimate of drug-likeness (QED) is 0.0974. The summed E-state index contributed by atoms with van der Waals surface area (Å²) in [4.78, 5) is 0. The van der Waals surface area contributed by atoms with Crippen molar-refractivity contribution in [2.75, 3.05) is 0 Å². The fraction of sp³-hybridized carbons (Fsp3) is 0.308. The first-order valence-corrected chi connectivity index (χ1v) is 23.7. The number of unbranched alkanes of at least 4 members (excludes halogenated alkanes) is 2. The molecular weight excluding hydrogens is 748 g/mol. The number of allylic oxidation sites excluding steroid dienone is 2. The van der Waals surface area contributed by atoms with E-state index in [0.717, 1.165) is 61.6 Å². The second kappa shape index (κ2) is 17.3. The summed E-state index contributed by atoms with van der Waals surface area (Å²) in [5.41, 5.74) is 16.4. The van der Waals surface area contributed by atoms with Gasteiger partial charge in [0.25, 0.3) is 0 Å². The second-order valence-electron chi connectivity index (χ2n) is 15.5. The minimum absolute atomic E-state index is 0.328. The fourth-order valence-electron chi connectivity index (χ4n) is 8.55. The molecule has 2 unspecified atom stereocenters. The van der Waals surface area contributed by atoms with E-state index in [1.165, 1.54) is 92.5 Å². The number of aryl methyl sites for hydroxylation is 4. The van der Waals surface area contributed by atoms with Gasteiger partial charge in [-0.2, -0.15) is 0 Å². The van der Waals surface area contributed by atoms with Crippen molar-refractivity contribution in [2.24, 2.45) is 0 Å². The summed E-state index contributed by atoms with van der Waals surface area (Å²) >= 11 is -1.33. The Labute approximate surface area is 340 Å². The Balaban J connectivity index is 1.22. The Morgan fingerprint density at radius 3 is 1.29 bits per heavy atom. The number of fused-ring (bicyclic) bond motifs is 2. The molecule has 2 heterocycles. The normalized spacial score (nSPS) is 15.9. The summed E-state index contributed by atoms with van der Waals surface area (Å²) in [6, 6.07) is 41.6. The molecule has 2 aliphatic carbocycles. The van der Waals surface area contributed by atoms with Gasteiger partial charge < -0.3 is 0 Å². The molecule has 0 N–H and O–H groups in total. The fourth-order valence-corrected chi connectivity index (χ4v) is 13.5. The predicted molar refractivity (Wildman–Crippen MR) is 228 cm³/mol. The van der Waals surface area contributed by atoms with Crippen LogP contribution >= 0.6 is 0 Å². The topological polar surface area (TPSA) is 26.3 Å². The molecule has 278 valence electrons. The van der Waals surface area contributed by atoms with Crippen LogP contribution in [0.1, 0.15) is 130 Å². The van der Waals surface area contributed by atoms with Gasteiger partial charge in [0, 0.05) is 0 Å². The van der Waals surface area contributed by atoms with E-state index in [-0.39, 0.29) is 0 Å². The minimum atomic E-state index is -1.33. The third-order valence-electron chi connectivity index (χ3n) is 11.5. The number of rotatable bonds is 16. The summed E-state index contributed by atoms with van der Waals surface area (Å²) in [6.45, 7) is 8.99. The molecule has 2 atom stereocenters. The van der Waals surface area contributed by atoms with Gasteiger partial charge in [0.05, 0.1) is 0 Å². The van der Waals surface area contributed by atoms with E-state index in [4.69, 9.17) is 8.83 Å². The molecule has 0 spiro atoms. The van der Waals surface area contributed by atoms with Gasteiger partial charge >= 0.3 is 342 Å². The summed E-state index contributed by atoms with van der Waals surface area (Å²) in [6.07, 6.45) is 16.2. The van der Waals surface area contributed by atoms with E-state index in [0.29, 0.717) is 7.25 Å². The third kappa shape index (κ3) is 7.93. The molecule has 55 heavy (non-hydrogen) atoms. The van der Waals surface area contributed by atoms with Crippen LogP contribution in [0, 0.1) is 0 Å². The average molecular weight is 802 g/mol. The molecule has 2 aliphatic rings. The molecule has 6 aromatic rings. The molecular formula is C52H54O2Zr. The van der Waals surface area contributed by atoms with Crippen molar-refractivity contribution in [2.45, 2.75) is 99.2 Å². The number of benzene rings is 4. The summed E-state index contributed by atoms with van der Waals surface area (Å²) in [7, 11) is 0. The van der Waals surface area contributed by atoms with Crippen LogP contribution in [-0.2, 0) is 48.9 Å². The third-order valence-corrected chi connectivity index (χ3v) is 16.2. The molecule has 0 bridgehead atoms. The average Bonchev–Trinajstić information content (AvgIpc) is 4.03. The molecule has 2 nitrogen and oxygen atoms in total. The first-order chi connectivity index (χ1) is 27.1. The zero-order chi connectivity index (χ0) is 37.7. The first-order valence-electron chi connectivity index (χ1n) is 20.9. The summed E-state index contributed by atoms with van der Waals surface area (Å²) in [5, 5.41) is 0. The van der Waals surface area contributed by atoms with E-state index >= 15 is 0 Å². The Morgan fingerprint density at radius 1 is 0.455 bits per heavy atom. The van der Waals surface area contributed by atoms with Crippen molar-refractivity contribution in [1.29, 1.82) is 0 Å². The van der Waals surface area contributed by atoms with E-state index in [1.807, 2.05) is 0 Å². The van der Waals surface area contributed by atoms with Crippen molar-refractivity contribution in [3.05, 3.63) is 166 Å². The number of furan rings is 2. The monoisotopic (exact) mass is 800 g/mol. The molecule has 3 heteroatoms. The summed E-state index contributed by atoms with van der Waals surface area (Å²) in [5.74, 6) is 4.24. The van der Waals surface area contributed by atoms with E-state index in [1.54, 1.807) is 0 Å². The van der Waals surface area contributed by atoms with Crippen molar-refractivity contribution in [3.63, 3.8) is 0 Å². The second-order valence-corrected chi connectivity index (χ2v) is 19.1. The molecule has 0 amide bonds. The zero-order valence-corrected chi connectivity index (χ0v) is 35.5. The van der Waals surface area contributed by atoms with E-state index < -0.39 is 23.2 Å². The van der Waals surface area contributed by atoms with Crippen LogP contribution in [0.25, 0.3) is 45.6 Å². The van der Waals surface area contributed by atoms with E-state index in [9.17, 15) is 0 Å². The van der Waals surface area contributed by atoms with Crippen LogP contribution in [0.5, 0.6) is 0 Å². The molecule has 2 aromatic heterocycles. The molecule has 0 saturated carbocycles. The Bertz CT molecular complexity index is 2130.